The van der Waals surface area contributed by atoms with Gasteiger partial charge in [-0.3, -0.25) is 9.69 Å². The summed E-state index contributed by atoms with van der Waals surface area (Å²) in [6.45, 7) is -0.540. The summed E-state index contributed by atoms with van der Waals surface area (Å²) < 4.78 is 39.6. The summed E-state index contributed by atoms with van der Waals surface area (Å²) in [7, 11) is 0. The van der Waals surface area contributed by atoms with Gasteiger partial charge < -0.3 is 9.84 Å². The third kappa shape index (κ3) is 4.36. The Hall–Kier alpha value is -0.820. The Balaban J connectivity index is 2.20. The number of rotatable bonds is 5. The third-order valence-corrected chi connectivity index (χ3v) is 2.44. The summed E-state index contributed by atoms with van der Waals surface area (Å²) in [5.41, 5.74) is 0. The van der Waals surface area contributed by atoms with E-state index in [9.17, 15) is 18.0 Å². The quantitative estimate of drug-likeness (QED) is 0.733. The van der Waals surface area contributed by atoms with E-state index in [2.05, 4.69) is 4.74 Å². The highest BCUT2D eigenvalue weighted by molar-refractivity contribution is 5.73. The second-order valence-corrected chi connectivity index (χ2v) is 3.70. The van der Waals surface area contributed by atoms with E-state index in [1.165, 1.54) is 0 Å². The van der Waals surface area contributed by atoms with Crippen molar-refractivity contribution in [1.82, 2.24) is 4.90 Å². The van der Waals surface area contributed by atoms with Gasteiger partial charge in [0, 0.05) is 6.54 Å². The number of hydrogen-bond acceptors (Lipinski definition) is 3. The number of halogens is 3. The fraction of sp³-hybridized carbons (Fsp3) is 0.889. The van der Waals surface area contributed by atoms with Crippen LogP contribution in [-0.2, 0) is 9.53 Å². The van der Waals surface area contributed by atoms with Crippen molar-refractivity contribution in [2.75, 3.05) is 26.3 Å². The number of aliphatic carboxylic acids is 1. The second-order valence-electron chi connectivity index (χ2n) is 3.70. The maximum Gasteiger partial charge on any atom is 0.411 e. The lowest BCUT2D eigenvalue weighted by molar-refractivity contribution is -0.175. The summed E-state index contributed by atoms with van der Waals surface area (Å²) in [6.07, 6.45) is -3.01. The largest absolute Gasteiger partial charge is 0.480 e. The summed E-state index contributed by atoms with van der Waals surface area (Å²) >= 11 is 0. The van der Waals surface area contributed by atoms with Crippen molar-refractivity contribution in [1.29, 1.82) is 0 Å². The van der Waals surface area contributed by atoms with Crippen molar-refractivity contribution in [2.24, 2.45) is 0 Å². The first-order valence-electron chi connectivity index (χ1n) is 5.01. The van der Waals surface area contributed by atoms with Gasteiger partial charge in [-0.25, -0.2) is 0 Å². The average Bonchev–Trinajstić information content (AvgIpc) is 2.58. The van der Waals surface area contributed by atoms with E-state index in [4.69, 9.17) is 5.11 Å². The fourth-order valence-corrected chi connectivity index (χ4v) is 1.74. The van der Waals surface area contributed by atoms with Crippen LogP contribution in [-0.4, -0.2) is 54.5 Å². The van der Waals surface area contributed by atoms with Gasteiger partial charge in [0.25, 0.3) is 0 Å². The Labute approximate surface area is 91.0 Å². The van der Waals surface area contributed by atoms with Crippen molar-refractivity contribution in [3.8, 4) is 0 Å². The summed E-state index contributed by atoms with van der Waals surface area (Å²) in [5.74, 6) is -0.923. The van der Waals surface area contributed by atoms with Gasteiger partial charge in [0.1, 0.15) is 12.6 Å². The summed E-state index contributed by atoms with van der Waals surface area (Å²) in [6, 6.07) is -0.575. The highest BCUT2D eigenvalue weighted by atomic mass is 19.4. The van der Waals surface area contributed by atoms with Crippen LogP contribution in [0, 0.1) is 0 Å². The first-order valence-corrected chi connectivity index (χ1v) is 5.01. The van der Waals surface area contributed by atoms with Gasteiger partial charge in [0.05, 0.1) is 6.61 Å². The van der Waals surface area contributed by atoms with Gasteiger partial charge in [-0.2, -0.15) is 13.2 Å². The zero-order chi connectivity index (χ0) is 12.2. The molecule has 0 saturated carbocycles. The molecule has 1 unspecified atom stereocenters. The SMILES string of the molecule is O=C(O)C1CCCN1CCOCC(F)(F)F. The molecule has 16 heavy (non-hydrogen) atoms. The van der Waals surface area contributed by atoms with Gasteiger partial charge in [-0.15, -0.1) is 0 Å². The number of likely N-dealkylation sites (tertiary alicyclic amines) is 1. The standard InChI is InChI=1S/C9H14F3NO3/c10-9(11,12)6-16-5-4-13-3-1-2-7(13)8(14)15/h7H,1-6H2,(H,14,15). The number of carboxylic acid groups (broad SMARTS) is 1. The molecule has 1 fully saturated rings. The zero-order valence-electron chi connectivity index (χ0n) is 8.66. The van der Waals surface area contributed by atoms with E-state index >= 15 is 0 Å². The van der Waals surface area contributed by atoms with Crippen molar-refractivity contribution >= 4 is 5.97 Å². The molecule has 0 aromatic rings. The molecule has 0 bridgehead atoms. The number of nitrogens with zero attached hydrogens (tertiary/aromatic N) is 1. The molecule has 4 nitrogen and oxygen atoms in total. The van der Waals surface area contributed by atoms with E-state index in [0.29, 0.717) is 13.0 Å². The number of hydrogen-bond donors (Lipinski definition) is 1. The lowest BCUT2D eigenvalue weighted by atomic mass is 10.2. The van der Waals surface area contributed by atoms with E-state index in [1.54, 1.807) is 4.90 Å². The maximum atomic E-state index is 11.7. The summed E-state index contributed by atoms with van der Waals surface area (Å²) in [4.78, 5) is 12.4. The Morgan fingerprint density at radius 3 is 2.75 bits per heavy atom. The maximum absolute atomic E-state index is 11.7. The van der Waals surface area contributed by atoms with Crippen molar-refractivity contribution in [2.45, 2.75) is 25.1 Å². The van der Waals surface area contributed by atoms with Crippen LogP contribution >= 0.6 is 0 Å². The molecule has 0 spiro atoms. The van der Waals surface area contributed by atoms with Crippen LogP contribution < -0.4 is 0 Å². The van der Waals surface area contributed by atoms with Gasteiger partial charge in [-0.05, 0) is 19.4 Å². The Kier molecular flexibility index (Phi) is 4.55. The second kappa shape index (κ2) is 5.49. The van der Waals surface area contributed by atoms with Crippen LogP contribution in [0.4, 0.5) is 13.2 Å². The topological polar surface area (TPSA) is 49.8 Å². The number of alkyl halides is 3. The first-order chi connectivity index (χ1) is 7.40. The molecule has 1 N–H and O–H groups in total. The van der Waals surface area contributed by atoms with Crippen LogP contribution in [0.1, 0.15) is 12.8 Å². The fourth-order valence-electron chi connectivity index (χ4n) is 1.74. The average molecular weight is 241 g/mol. The first kappa shape index (κ1) is 13.2. The lowest BCUT2D eigenvalue weighted by Gasteiger charge is -2.20. The molecule has 94 valence electrons. The lowest BCUT2D eigenvalue weighted by Crippen LogP contribution is -2.38. The van der Waals surface area contributed by atoms with Gasteiger partial charge in [0.15, 0.2) is 0 Å². The molecule has 1 heterocycles. The van der Waals surface area contributed by atoms with Crippen LogP contribution in [0.15, 0.2) is 0 Å². The van der Waals surface area contributed by atoms with Crippen LogP contribution in [0.25, 0.3) is 0 Å². The predicted octanol–water partition coefficient (Wildman–Crippen LogP) is 1.11. The minimum absolute atomic E-state index is 0.0940. The number of ether oxygens (including phenoxy) is 1. The highest BCUT2D eigenvalue weighted by Gasteiger charge is 2.31. The minimum Gasteiger partial charge on any atom is -0.480 e. The predicted molar refractivity (Wildman–Crippen MR) is 49.1 cm³/mol. The van der Waals surface area contributed by atoms with Gasteiger partial charge >= 0.3 is 12.1 Å². The van der Waals surface area contributed by atoms with Crippen molar-refractivity contribution < 1.29 is 27.8 Å². The molecule has 7 heteroatoms. The van der Waals surface area contributed by atoms with E-state index in [1.807, 2.05) is 0 Å². The molecule has 1 saturated heterocycles. The molecule has 0 aromatic heterocycles. The smallest absolute Gasteiger partial charge is 0.411 e. The van der Waals surface area contributed by atoms with E-state index in [0.717, 1.165) is 6.42 Å². The van der Waals surface area contributed by atoms with Crippen LogP contribution in [0.5, 0.6) is 0 Å². The normalized spacial score (nSPS) is 22.6. The highest BCUT2D eigenvalue weighted by Crippen LogP contribution is 2.17. The van der Waals surface area contributed by atoms with Crippen molar-refractivity contribution in [3.05, 3.63) is 0 Å². The van der Waals surface area contributed by atoms with Crippen LogP contribution in [0.3, 0.4) is 0 Å². The molecule has 0 aliphatic carbocycles. The Morgan fingerprint density at radius 1 is 1.50 bits per heavy atom. The summed E-state index contributed by atoms with van der Waals surface area (Å²) in [5, 5.41) is 8.81. The Bertz CT molecular complexity index is 245. The molecule has 1 atom stereocenters. The Morgan fingerprint density at radius 2 is 2.19 bits per heavy atom. The number of carboxylic acids is 1. The molecule has 0 radical (unpaired) electrons. The van der Waals surface area contributed by atoms with Crippen molar-refractivity contribution in [3.63, 3.8) is 0 Å². The van der Waals surface area contributed by atoms with Gasteiger partial charge in [0.2, 0.25) is 0 Å². The molecule has 0 amide bonds. The molecule has 1 aliphatic heterocycles. The van der Waals surface area contributed by atoms with Gasteiger partial charge in [-0.1, -0.05) is 0 Å². The number of carbonyl (C=O) groups is 1. The molecule has 0 aromatic carbocycles. The van der Waals surface area contributed by atoms with E-state index < -0.39 is 24.8 Å². The zero-order valence-corrected chi connectivity index (χ0v) is 8.66. The monoisotopic (exact) mass is 241 g/mol. The molecule has 1 aliphatic rings. The molecular formula is C9H14F3NO3. The molecular weight excluding hydrogens is 227 g/mol. The van der Waals surface area contributed by atoms with Crippen LogP contribution in [0.2, 0.25) is 0 Å². The third-order valence-electron chi connectivity index (χ3n) is 2.44. The molecule has 1 rings (SSSR count). The van der Waals surface area contributed by atoms with E-state index in [-0.39, 0.29) is 13.2 Å². The minimum atomic E-state index is -4.32.